The Morgan fingerprint density at radius 2 is 2.12 bits per heavy atom. The van der Waals surface area contributed by atoms with Gasteiger partial charge in [0, 0.05) is 10.5 Å². The fourth-order valence-corrected chi connectivity index (χ4v) is 1.03. The highest BCUT2D eigenvalue weighted by Crippen LogP contribution is 2.14. The molecule has 7 heteroatoms. The van der Waals surface area contributed by atoms with E-state index in [4.69, 9.17) is 10.6 Å². The van der Waals surface area contributed by atoms with Gasteiger partial charge in [-0.15, -0.1) is 0 Å². The van der Waals surface area contributed by atoms with Crippen LogP contribution in [0.25, 0.3) is 10.4 Å². The van der Waals surface area contributed by atoms with Crippen LogP contribution in [0.4, 0.5) is 8.78 Å². The van der Waals surface area contributed by atoms with Crippen molar-refractivity contribution in [3.05, 3.63) is 45.3 Å². The lowest BCUT2D eigenvalue weighted by atomic mass is 10.1. The van der Waals surface area contributed by atoms with Gasteiger partial charge in [0.25, 0.3) is 0 Å². The van der Waals surface area contributed by atoms with Crippen molar-refractivity contribution in [2.24, 2.45) is 5.11 Å². The summed E-state index contributed by atoms with van der Waals surface area (Å²) in [5.41, 5.74) is 7.35. The molecule has 17 heavy (non-hydrogen) atoms. The SMILES string of the molecule is [N-]=[N+]=NCC#Cc1cc(F)c(F)cc1C(=O)O. The fourth-order valence-electron chi connectivity index (χ4n) is 1.03. The molecule has 0 aliphatic rings. The number of rotatable bonds is 2. The van der Waals surface area contributed by atoms with Crippen LogP contribution >= 0.6 is 0 Å². The molecule has 0 aliphatic carbocycles. The lowest BCUT2D eigenvalue weighted by Gasteiger charge is -2.00. The second-order valence-corrected chi connectivity index (χ2v) is 2.81. The van der Waals surface area contributed by atoms with Gasteiger partial charge >= 0.3 is 5.97 Å². The lowest BCUT2D eigenvalue weighted by molar-refractivity contribution is 0.0696. The van der Waals surface area contributed by atoms with Crippen LogP contribution in [0.3, 0.4) is 0 Å². The Morgan fingerprint density at radius 3 is 2.71 bits per heavy atom. The molecule has 0 fully saturated rings. The summed E-state index contributed by atoms with van der Waals surface area (Å²) < 4.78 is 25.7. The molecule has 0 atom stereocenters. The van der Waals surface area contributed by atoms with Crippen molar-refractivity contribution in [1.29, 1.82) is 0 Å². The maximum absolute atomic E-state index is 12.9. The molecule has 0 amide bonds. The molecule has 0 spiro atoms. The van der Waals surface area contributed by atoms with Crippen LogP contribution in [0.5, 0.6) is 0 Å². The highest BCUT2D eigenvalue weighted by atomic mass is 19.2. The van der Waals surface area contributed by atoms with E-state index >= 15 is 0 Å². The monoisotopic (exact) mass is 237 g/mol. The summed E-state index contributed by atoms with van der Waals surface area (Å²) in [6.45, 7) is -0.186. The number of hydrogen-bond donors (Lipinski definition) is 1. The van der Waals surface area contributed by atoms with E-state index < -0.39 is 23.2 Å². The number of benzene rings is 1. The first-order chi connectivity index (χ1) is 8.06. The molecule has 86 valence electrons. The Hall–Kier alpha value is -2.58. The molecule has 1 N–H and O–H groups in total. The molecule has 0 bridgehead atoms. The zero-order chi connectivity index (χ0) is 12.8. The Bertz CT molecular complexity index is 569. The Labute approximate surface area is 94.3 Å². The van der Waals surface area contributed by atoms with Gasteiger partial charge in [0.15, 0.2) is 11.6 Å². The van der Waals surface area contributed by atoms with Gasteiger partial charge in [0.1, 0.15) is 0 Å². The topological polar surface area (TPSA) is 86.1 Å². The van der Waals surface area contributed by atoms with Crippen molar-refractivity contribution >= 4 is 5.97 Å². The molecule has 5 nitrogen and oxygen atoms in total. The summed E-state index contributed by atoms with van der Waals surface area (Å²) in [5.74, 6) is 0.745. The molecule has 0 heterocycles. The third-order valence-electron chi connectivity index (χ3n) is 1.73. The Balaban J connectivity index is 3.20. The summed E-state index contributed by atoms with van der Waals surface area (Å²) in [5, 5.41) is 11.8. The first kappa shape index (κ1) is 12.5. The summed E-state index contributed by atoms with van der Waals surface area (Å²) in [6.07, 6.45) is 0. The van der Waals surface area contributed by atoms with Gasteiger partial charge in [-0.05, 0) is 17.7 Å². The Morgan fingerprint density at radius 1 is 1.47 bits per heavy atom. The highest BCUT2D eigenvalue weighted by molar-refractivity contribution is 5.90. The van der Waals surface area contributed by atoms with E-state index in [2.05, 4.69) is 21.9 Å². The number of aromatic carboxylic acids is 1. The Kier molecular flexibility index (Phi) is 4.03. The van der Waals surface area contributed by atoms with E-state index in [0.717, 1.165) is 0 Å². The first-order valence-corrected chi connectivity index (χ1v) is 4.28. The van der Waals surface area contributed by atoms with Gasteiger partial charge in [-0.1, -0.05) is 17.0 Å². The number of carboxylic acids is 1. The van der Waals surface area contributed by atoms with Gasteiger partial charge in [-0.3, -0.25) is 0 Å². The average Bonchev–Trinajstić information content (AvgIpc) is 2.28. The second kappa shape index (κ2) is 5.49. The minimum absolute atomic E-state index is 0.176. The van der Waals surface area contributed by atoms with Crippen LogP contribution in [-0.2, 0) is 0 Å². The lowest BCUT2D eigenvalue weighted by Crippen LogP contribution is -2.02. The van der Waals surface area contributed by atoms with E-state index in [0.29, 0.717) is 12.1 Å². The number of carboxylic acid groups (broad SMARTS) is 1. The van der Waals surface area contributed by atoms with Crippen LogP contribution in [-0.4, -0.2) is 17.6 Å². The van der Waals surface area contributed by atoms with Crippen molar-refractivity contribution < 1.29 is 18.7 Å². The van der Waals surface area contributed by atoms with Crippen LogP contribution in [0.2, 0.25) is 0 Å². The highest BCUT2D eigenvalue weighted by Gasteiger charge is 2.13. The molecule has 0 radical (unpaired) electrons. The van der Waals surface area contributed by atoms with Crippen LogP contribution < -0.4 is 0 Å². The minimum Gasteiger partial charge on any atom is -0.478 e. The van der Waals surface area contributed by atoms with E-state index in [9.17, 15) is 13.6 Å². The minimum atomic E-state index is -1.42. The number of hydrogen-bond acceptors (Lipinski definition) is 2. The zero-order valence-electron chi connectivity index (χ0n) is 8.31. The van der Waals surface area contributed by atoms with Crippen molar-refractivity contribution in [3.63, 3.8) is 0 Å². The molecule has 1 rings (SSSR count). The van der Waals surface area contributed by atoms with Crippen molar-refractivity contribution in [2.45, 2.75) is 0 Å². The molecule has 0 saturated heterocycles. The smallest absolute Gasteiger partial charge is 0.337 e. The quantitative estimate of drug-likeness (QED) is 0.370. The standard InChI is InChI=1S/C10H5F2N3O2/c11-8-4-6(2-1-3-14-15-13)7(10(16)17)5-9(8)12/h4-5H,3H2,(H,16,17). The van der Waals surface area contributed by atoms with Crippen LogP contribution in [0.15, 0.2) is 17.2 Å². The van der Waals surface area contributed by atoms with Gasteiger partial charge in [0.05, 0.1) is 12.1 Å². The summed E-state index contributed by atoms with van der Waals surface area (Å²) in [4.78, 5) is 13.2. The van der Waals surface area contributed by atoms with Gasteiger partial charge in [-0.25, -0.2) is 13.6 Å². The van der Waals surface area contributed by atoms with Gasteiger partial charge < -0.3 is 5.11 Å². The van der Waals surface area contributed by atoms with Gasteiger partial charge in [0.2, 0.25) is 0 Å². The van der Waals surface area contributed by atoms with Crippen molar-refractivity contribution in [2.75, 3.05) is 6.54 Å². The van der Waals surface area contributed by atoms with Crippen LogP contribution in [0.1, 0.15) is 15.9 Å². The molecule has 0 aromatic heterocycles. The van der Waals surface area contributed by atoms with E-state index in [1.165, 1.54) is 0 Å². The summed E-state index contributed by atoms with van der Waals surface area (Å²) in [6, 6.07) is 1.23. The molecule has 0 unspecified atom stereocenters. The van der Waals surface area contributed by atoms with E-state index in [1.807, 2.05) is 0 Å². The fraction of sp³-hybridized carbons (Fsp3) is 0.100. The van der Waals surface area contributed by atoms with Crippen molar-refractivity contribution in [3.8, 4) is 11.8 Å². The second-order valence-electron chi connectivity index (χ2n) is 2.81. The third kappa shape index (κ3) is 3.19. The van der Waals surface area contributed by atoms with Crippen LogP contribution in [0, 0.1) is 23.5 Å². The largest absolute Gasteiger partial charge is 0.478 e. The van der Waals surface area contributed by atoms with Gasteiger partial charge in [-0.2, -0.15) is 0 Å². The normalized spacial score (nSPS) is 8.82. The zero-order valence-corrected chi connectivity index (χ0v) is 8.31. The average molecular weight is 237 g/mol. The predicted octanol–water partition coefficient (Wildman–Crippen LogP) is 2.32. The predicted molar refractivity (Wildman–Crippen MR) is 54.2 cm³/mol. The molecule has 1 aromatic carbocycles. The maximum Gasteiger partial charge on any atom is 0.337 e. The number of azide groups is 1. The first-order valence-electron chi connectivity index (χ1n) is 4.28. The van der Waals surface area contributed by atoms with E-state index in [-0.39, 0.29) is 12.1 Å². The molecular formula is C10H5F2N3O2. The molecule has 0 aliphatic heterocycles. The summed E-state index contributed by atoms with van der Waals surface area (Å²) >= 11 is 0. The summed E-state index contributed by atoms with van der Waals surface area (Å²) in [7, 11) is 0. The van der Waals surface area contributed by atoms with E-state index in [1.54, 1.807) is 0 Å². The molecule has 1 aromatic rings. The molecule has 0 saturated carbocycles. The number of halogens is 2. The third-order valence-corrected chi connectivity index (χ3v) is 1.73. The van der Waals surface area contributed by atoms with Crippen molar-refractivity contribution in [1.82, 2.24) is 0 Å². The maximum atomic E-state index is 12.9. The molecular weight excluding hydrogens is 232 g/mol. The number of nitrogens with zero attached hydrogens (tertiary/aromatic N) is 3. The number of carbonyl (C=O) groups is 1.